The molecule has 0 bridgehead atoms. The minimum absolute atomic E-state index is 0.358. The van der Waals surface area contributed by atoms with Gasteiger partial charge in [-0.15, -0.1) is 0 Å². The van der Waals surface area contributed by atoms with Gasteiger partial charge in [-0.2, -0.15) is 0 Å². The number of hydrogen-bond acceptors (Lipinski definition) is 1. The SMILES string of the molecule is O=C(C1CCCCC1)N1CCC(CCBr)C1. The lowest BCUT2D eigenvalue weighted by Crippen LogP contribution is -2.35. The van der Waals surface area contributed by atoms with Gasteiger partial charge in [0.1, 0.15) is 0 Å². The van der Waals surface area contributed by atoms with Crippen LogP contribution in [-0.2, 0) is 4.79 Å². The van der Waals surface area contributed by atoms with Crippen molar-refractivity contribution in [3.63, 3.8) is 0 Å². The number of halogens is 1. The number of carbonyl (C=O) groups excluding carboxylic acids is 1. The molecule has 2 aliphatic rings. The molecule has 2 fully saturated rings. The third kappa shape index (κ3) is 2.99. The van der Waals surface area contributed by atoms with Crippen molar-refractivity contribution in [2.75, 3.05) is 18.4 Å². The Kier molecular flexibility index (Phi) is 4.68. The summed E-state index contributed by atoms with van der Waals surface area (Å²) in [6.45, 7) is 2.02. The summed E-state index contributed by atoms with van der Waals surface area (Å²) in [4.78, 5) is 14.4. The average molecular weight is 288 g/mol. The molecule has 0 spiro atoms. The van der Waals surface area contributed by atoms with Crippen LogP contribution in [0.4, 0.5) is 0 Å². The summed E-state index contributed by atoms with van der Waals surface area (Å²) in [5.41, 5.74) is 0. The van der Waals surface area contributed by atoms with Crippen molar-refractivity contribution in [1.82, 2.24) is 4.90 Å². The van der Waals surface area contributed by atoms with Crippen LogP contribution in [0.15, 0.2) is 0 Å². The maximum atomic E-state index is 12.3. The van der Waals surface area contributed by atoms with Crippen LogP contribution in [-0.4, -0.2) is 29.2 Å². The van der Waals surface area contributed by atoms with Gasteiger partial charge >= 0.3 is 0 Å². The first kappa shape index (κ1) is 12.4. The number of nitrogens with zero attached hydrogens (tertiary/aromatic N) is 1. The van der Waals surface area contributed by atoms with E-state index in [0.29, 0.717) is 11.8 Å². The van der Waals surface area contributed by atoms with Crippen LogP contribution in [0.1, 0.15) is 44.9 Å². The molecular formula is C13H22BrNO. The van der Waals surface area contributed by atoms with E-state index in [2.05, 4.69) is 20.8 Å². The van der Waals surface area contributed by atoms with Crippen LogP contribution in [0.25, 0.3) is 0 Å². The lowest BCUT2D eigenvalue weighted by Gasteiger charge is -2.26. The van der Waals surface area contributed by atoms with Gasteiger partial charge in [0.15, 0.2) is 0 Å². The van der Waals surface area contributed by atoms with Crippen LogP contribution in [0.3, 0.4) is 0 Å². The van der Waals surface area contributed by atoms with Crippen LogP contribution in [0, 0.1) is 11.8 Å². The molecule has 1 atom stereocenters. The van der Waals surface area contributed by atoms with E-state index in [1.807, 2.05) is 0 Å². The minimum atomic E-state index is 0.358. The number of hydrogen-bond donors (Lipinski definition) is 0. The summed E-state index contributed by atoms with van der Waals surface area (Å²) in [7, 11) is 0. The van der Waals surface area contributed by atoms with Crippen molar-refractivity contribution in [2.45, 2.75) is 44.9 Å². The summed E-state index contributed by atoms with van der Waals surface area (Å²) in [5, 5.41) is 1.07. The zero-order chi connectivity index (χ0) is 11.4. The molecule has 1 saturated carbocycles. The van der Waals surface area contributed by atoms with E-state index >= 15 is 0 Å². The number of alkyl halides is 1. The lowest BCUT2D eigenvalue weighted by atomic mass is 9.88. The third-order valence-corrected chi connectivity index (χ3v) is 4.53. The fourth-order valence-electron chi connectivity index (χ4n) is 3.03. The van der Waals surface area contributed by atoms with Gasteiger partial charge in [-0.1, -0.05) is 35.2 Å². The highest BCUT2D eigenvalue weighted by Gasteiger charge is 2.30. The predicted molar refractivity (Wildman–Crippen MR) is 69.7 cm³/mol. The Hall–Kier alpha value is -0.0500. The van der Waals surface area contributed by atoms with Crippen LogP contribution in [0.2, 0.25) is 0 Å². The smallest absolute Gasteiger partial charge is 0.225 e. The Morgan fingerprint density at radius 2 is 1.94 bits per heavy atom. The molecule has 3 heteroatoms. The first-order valence-corrected chi connectivity index (χ1v) is 7.78. The highest BCUT2D eigenvalue weighted by atomic mass is 79.9. The van der Waals surface area contributed by atoms with Crippen molar-refractivity contribution in [3.8, 4) is 0 Å². The summed E-state index contributed by atoms with van der Waals surface area (Å²) < 4.78 is 0. The molecule has 0 N–H and O–H groups in total. The second-order valence-electron chi connectivity index (χ2n) is 5.25. The fraction of sp³-hybridized carbons (Fsp3) is 0.923. The normalized spacial score (nSPS) is 27.3. The van der Waals surface area contributed by atoms with Crippen molar-refractivity contribution in [3.05, 3.63) is 0 Å². The molecule has 1 saturated heterocycles. The molecule has 2 rings (SSSR count). The molecule has 1 amide bonds. The molecule has 1 aliphatic carbocycles. The maximum absolute atomic E-state index is 12.3. The van der Waals surface area contributed by atoms with E-state index in [9.17, 15) is 4.79 Å². The van der Waals surface area contributed by atoms with Crippen molar-refractivity contribution in [1.29, 1.82) is 0 Å². The third-order valence-electron chi connectivity index (χ3n) is 4.07. The second kappa shape index (κ2) is 6.04. The molecule has 0 aromatic heterocycles. The molecule has 1 unspecified atom stereocenters. The average Bonchev–Trinajstić information content (AvgIpc) is 2.78. The maximum Gasteiger partial charge on any atom is 0.225 e. The zero-order valence-corrected chi connectivity index (χ0v) is 11.5. The minimum Gasteiger partial charge on any atom is -0.342 e. The van der Waals surface area contributed by atoms with Gasteiger partial charge < -0.3 is 4.90 Å². The second-order valence-corrected chi connectivity index (χ2v) is 6.04. The van der Waals surface area contributed by atoms with Gasteiger partial charge in [-0.25, -0.2) is 0 Å². The van der Waals surface area contributed by atoms with Gasteiger partial charge in [-0.05, 0) is 31.6 Å². The number of carbonyl (C=O) groups is 1. The Bertz CT molecular complexity index is 238. The van der Waals surface area contributed by atoms with Crippen LogP contribution >= 0.6 is 15.9 Å². The number of likely N-dealkylation sites (tertiary alicyclic amines) is 1. The standard InChI is InChI=1S/C13H22BrNO/c14-8-6-11-7-9-15(10-11)13(16)12-4-2-1-3-5-12/h11-12H,1-10H2. The number of amides is 1. The Balaban J connectivity index is 1.81. The molecule has 0 aromatic carbocycles. The molecule has 0 aromatic rings. The van der Waals surface area contributed by atoms with Crippen molar-refractivity contribution < 1.29 is 4.79 Å². The molecular weight excluding hydrogens is 266 g/mol. The monoisotopic (exact) mass is 287 g/mol. The van der Waals surface area contributed by atoms with Gasteiger partial charge in [0.25, 0.3) is 0 Å². The molecule has 1 aliphatic heterocycles. The lowest BCUT2D eigenvalue weighted by molar-refractivity contribution is -0.135. The first-order valence-electron chi connectivity index (χ1n) is 6.66. The summed E-state index contributed by atoms with van der Waals surface area (Å²) in [5.74, 6) is 1.56. The van der Waals surface area contributed by atoms with Crippen molar-refractivity contribution >= 4 is 21.8 Å². The van der Waals surface area contributed by atoms with Gasteiger partial charge in [-0.3, -0.25) is 4.79 Å². The highest BCUT2D eigenvalue weighted by Crippen LogP contribution is 2.28. The topological polar surface area (TPSA) is 20.3 Å². The van der Waals surface area contributed by atoms with Crippen molar-refractivity contribution in [2.24, 2.45) is 11.8 Å². The van der Waals surface area contributed by atoms with E-state index in [-0.39, 0.29) is 0 Å². The van der Waals surface area contributed by atoms with Crippen LogP contribution < -0.4 is 0 Å². The van der Waals surface area contributed by atoms with E-state index in [4.69, 9.17) is 0 Å². The van der Waals surface area contributed by atoms with E-state index in [0.717, 1.165) is 37.2 Å². The Labute approximate surface area is 107 Å². The Morgan fingerprint density at radius 1 is 1.19 bits per heavy atom. The quantitative estimate of drug-likeness (QED) is 0.730. The molecule has 1 heterocycles. The highest BCUT2D eigenvalue weighted by molar-refractivity contribution is 9.09. The van der Waals surface area contributed by atoms with Gasteiger partial charge in [0, 0.05) is 24.3 Å². The molecule has 2 nitrogen and oxygen atoms in total. The van der Waals surface area contributed by atoms with E-state index in [1.54, 1.807) is 0 Å². The molecule has 16 heavy (non-hydrogen) atoms. The summed E-state index contributed by atoms with van der Waals surface area (Å²) in [6, 6.07) is 0. The fourth-order valence-corrected chi connectivity index (χ4v) is 3.68. The number of rotatable bonds is 3. The van der Waals surface area contributed by atoms with E-state index < -0.39 is 0 Å². The first-order chi connectivity index (χ1) is 7.81. The summed E-state index contributed by atoms with van der Waals surface area (Å²) >= 11 is 3.49. The van der Waals surface area contributed by atoms with E-state index in [1.165, 1.54) is 32.1 Å². The van der Waals surface area contributed by atoms with Crippen LogP contribution in [0.5, 0.6) is 0 Å². The Morgan fingerprint density at radius 3 is 2.62 bits per heavy atom. The van der Waals surface area contributed by atoms with Gasteiger partial charge in [0.2, 0.25) is 5.91 Å². The molecule has 92 valence electrons. The predicted octanol–water partition coefficient (Wildman–Crippen LogP) is 3.20. The summed E-state index contributed by atoms with van der Waals surface area (Å²) in [6.07, 6.45) is 8.55. The largest absolute Gasteiger partial charge is 0.342 e. The molecule has 0 radical (unpaired) electrons. The zero-order valence-electron chi connectivity index (χ0n) is 9.96. The van der Waals surface area contributed by atoms with Gasteiger partial charge in [0.05, 0.1) is 0 Å².